The number of anilines is 2. The van der Waals surface area contributed by atoms with Gasteiger partial charge in [0.1, 0.15) is 17.6 Å². The Morgan fingerprint density at radius 1 is 1.09 bits per heavy atom. The number of alkyl halides is 3. The number of halogens is 3. The van der Waals surface area contributed by atoms with Crippen molar-refractivity contribution < 1.29 is 37.3 Å². The van der Waals surface area contributed by atoms with Crippen LogP contribution in [0.3, 0.4) is 0 Å². The highest BCUT2D eigenvalue weighted by atomic mass is 19.4. The van der Waals surface area contributed by atoms with Gasteiger partial charge in [-0.25, -0.2) is 4.79 Å². The second-order valence-corrected chi connectivity index (χ2v) is 11.4. The first-order chi connectivity index (χ1) is 21.4. The van der Waals surface area contributed by atoms with Crippen molar-refractivity contribution in [2.45, 2.75) is 45.1 Å². The van der Waals surface area contributed by atoms with Crippen LogP contribution in [0.4, 0.5) is 29.3 Å². The van der Waals surface area contributed by atoms with Crippen molar-refractivity contribution >= 4 is 23.3 Å². The second-order valence-electron chi connectivity index (χ2n) is 11.4. The maximum atomic E-state index is 13.5. The van der Waals surface area contributed by atoms with Crippen molar-refractivity contribution in [2.24, 2.45) is 5.92 Å². The monoisotopic (exact) mass is 628 g/mol. The van der Waals surface area contributed by atoms with E-state index in [0.717, 1.165) is 23.4 Å². The smallest absolute Gasteiger partial charge is 0.416 e. The highest BCUT2D eigenvalue weighted by molar-refractivity contribution is 6.00. The Morgan fingerprint density at radius 3 is 2.36 bits per heavy atom. The maximum absolute atomic E-state index is 13.5. The van der Waals surface area contributed by atoms with Gasteiger partial charge < -0.3 is 30.1 Å². The summed E-state index contributed by atoms with van der Waals surface area (Å²) in [7, 11) is 3.62. The molecule has 0 bridgehead atoms. The Bertz CT molecular complexity index is 1450. The van der Waals surface area contributed by atoms with E-state index < -0.39 is 23.8 Å². The van der Waals surface area contributed by atoms with Crippen LogP contribution in [0.5, 0.6) is 11.5 Å². The predicted octanol–water partition coefficient (Wildman–Crippen LogP) is 5.64. The normalized spacial score (nSPS) is 17.8. The molecule has 242 valence electrons. The van der Waals surface area contributed by atoms with Gasteiger partial charge in [-0.3, -0.25) is 9.69 Å². The van der Waals surface area contributed by atoms with Gasteiger partial charge >= 0.3 is 12.2 Å². The third-order valence-electron chi connectivity index (χ3n) is 7.75. The fourth-order valence-corrected chi connectivity index (χ4v) is 5.18. The van der Waals surface area contributed by atoms with Crippen LogP contribution in [0.15, 0.2) is 66.7 Å². The summed E-state index contributed by atoms with van der Waals surface area (Å²) < 4.78 is 50.4. The summed E-state index contributed by atoms with van der Waals surface area (Å²) in [5.74, 6) is 1.01. The Labute approximate surface area is 260 Å². The number of ether oxygens (including phenoxy) is 2. The minimum atomic E-state index is -4.48. The summed E-state index contributed by atoms with van der Waals surface area (Å²) in [6.07, 6.45) is -4.81. The van der Waals surface area contributed by atoms with Crippen LogP contribution in [0.2, 0.25) is 0 Å². The second kappa shape index (κ2) is 14.7. The van der Waals surface area contributed by atoms with Crippen LogP contribution in [0.1, 0.15) is 30.5 Å². The molecule has 3 amide bonds. The van der Waals surface area contributed by atoms with Gasteiger partial charge in [-0.2, -0.15) is 13.2 Å². The van der Waals surface area contributed by atoms with Gasteiger partial charge in [0, 0.05) is 42.5 Å². The van der Waals surface area contributed by atoms with Crippen molar-refractivity contribution in [2.75, 3.05) is 44.5 Å². The number of fused-ring (bicyclic) bond motifs is 1. The number of nitrogens with one attached hydrogen (secondary N) is 2. The van der Waals surface area contributed by atoms with E-state index in [2.05, 4.69) is 15.5 Å². The number of methoxy groups -OCH3 is 1. The first-order valence-electron chi connectivity index (χ1n) is 14.6. The Morgan fingerprint density at radius 2 is 1.73 bits per heavy atom. The zero-order chi connectivity index (χ0) is 32.7. The predicted molar refractivity (Wildman–Crippen MR) is 165 cm³/mol. The zero-order valence-electron chi connectivity index (χ0n) is 25.7. The number of aliphatic hydroxyl groups excluding tert-OH is 1. The van der Waals surface area contributed by atoms with Gasteiger partial charge in [0.25, 0.3) is 0 Å². The lowest BCUT2D eigenvalue weighted by Gasteiger charge is -2.34. The molecular formula is C33H39F3N4O5. The van der Waals surface area contributed by atoms with Crippen LogP contribution in [-0.2, 0) is 23.9 Å². The number of hydrogen-bond donors (Lipinski definition) is 3. The Kier molecular flexibility index (Phi) is 10.9. The van der Waals surface area contributed by atoms with Crippen LogP contribution in [0, 0.1) is 5.92 Å². The fraction of sp³-hybridized carbons (Fsp3) is 0.394. The molecule has 0 saturated heterocycles. The van der Waals surface area contributed by atoms with Crippen LogP contribution < -0.4 is 20.1 Å². The summed E-state index contributed by atoms with van der Waals surface area (Å²) in [5.41, 5.74) is 1.40. The van der Waals surface area contributed by atoms with E-state index in [0.29, 0.717) is 36.6 Å². The number of hydrogen-bond acceptors (Lipinski definition) is 6. The topological polar surface area (TPSA) is 103 Å². The summed E-state index contributed by atoms with van der Waals surface area (Å²) in [4.78, 5) is 30.0. The number of carbonyl (C=O) groups is 2. The molecule has 0 saturated carbocycles. The maximum Gasteiger partial charge on any atom is 0.416 e. The summed E-state index contributed by atoms with van der Waals surface area (Å²) in [6, 6.07) is 15.9. The van der Waals surface area contributed by atoms with E-state index in [1.165, 1.54) is 12.1 Å². The lowest BCUT2D eigenvalue weighted by Crippen LogP contribution is -2.47. The van der Waals surface area contributed by atoms with E-state index in [4.69, 9.17) is 9.47 Å². The lowest BCUT2D eigenvalue weighted by atomic mass is 10.0. The molecule has 4 rings (SSSR count). The van der Waals surface area contributed by atoms with E-state index >= 15 is 0 Å². The van der Waals surface area contributed by atoms with Crippen LogP contribution in [-0.4, -0.2) is 72.8 Å². The molecule has 0 aromatic heterocycles. The lowest BCUT2D eigenvalue weighted by molar-refractivity contribution is -0.137. The van der Waals surface area contributed by atoms with Crippen LogP contribution in [0.25, 0.3) is 0 Å². The van der Waals surface area contributed by atoms with E-state index in [-0.39, 0.29) is 36.6 Å². The highest BCUT2D eigenvalue weighted by Gasteiger charge is 2.32. The fourth-order valence-electron chi connectivity index (χ4n) is 5.18. The molecule has 9 nitrogen and oxygen atoms in total. The van der Waals surface area contributed by atoms with Crippen molar-refractivity contribution in [1.29, 1.82) is 0 Å². The molecule has 45 heavy (non-hydrogen) atoms. The molecule has 1 aliphatic rings. The molecule has 0 unspecified atom stereocenters. The molecule has 3 aromatic rings. The first kappa shape index (κ1) is 33.6. The molecule has 1 heterocycles. The minimum Gasteiger partial charge on any atom is -0.497 e. The number of rotatable bonds is 9. The van der Waals surface area contributed by atoms with Crippen molar-refractivity contribution in [3.05, 3.63) is 83.4 Å². The van der Waals surface area contributed by atoms with Gasteiger partial charge in [0.15, 0.2) is 0 Å². The molecule has 12 heteroatoms. The molecule has 0 fully saturated rings. The number of benzene rings is 3. The SMILES string of the molecule is COc1ccc(CN(C)C[C@@H]2Oc3ccc(NC(=O)Nc4ccc(C(F)(F)F)cc4)cc3CC(=O)N([C@H](C)CO)C[C@@H]2C)cc1. The molecule has 3 N–H and O–H groups in total. The van der Waals surface area contributed by atoms with E-state index in [1.807, 2.05) is 38.2 Å². The number of urea groups is 1. The number of nitrogens with zero attached hydrogens (tertiary/aromatic N) is 2. The van der Waals surface area contributed by atoms with E-state index in [1.54, 1.807) is 37.1 Å². The van der Waals surface area contributed by atoms with Gasteiger partial charge in [-0.15, -0.1) is 0 Å². The van der Waals surface area contributed by atoms with Gasteiger partial charge in [0.2, 0.25) is 5.91 Å². The molecular weight excluding hydrogens is 589 g/mol. The number of carbonyl (C=O) groups excluding carboxylic acids is 2. The van der Waals surface area contributed by atoms with Gasteiger partial charge in [-0.1, -0.05) is 19.1 Å². The average molecular weight is 629 g/mol. The Balaban J connectivity index is 1.52. The molecule has 0 radical (unpaired) electrons. The van der Waals surface area contributed by atoms with E-state index in [9.17, 15) is 27.9 Å². The average Bonchev–Trinajstić information content (AvgIpc) is 3.04. The third kappa shape index (κ3) is 9.11. The van der Waals surface area contributed by atoms with Gasteiger partial charge in [0.05, 0.1) is 31.7 Å². The standard InChI is InChI=1S/C33H39F3N4O5/c1-21-17-40(22(2)20-41)31(42)16-24-15-27(38-32(43)37-26-9-7-25(8-10-26)33(34,35)36)11-14-29(24)45-30(21)19-39(3)18-23-5-12-28(44-4)13-6-23/h5-15,21-22,30,41H,16-20H2,1-4H3,(H2,37,38,43)/t21-,22+,30-/m0/s1. The molecule has 0 spiro atoms. The Hall–Kier alpha value is -4.29. The highest BCUT2D eigenvalue weighted by Crippen LogP contribution is 2.31. The summed E-state index contributed by atoms with van der Waals surface area (Å²) in [5, 5.41) is 15.1. The minimum absolute atomic E-state index is 0.0170. The first-order valence-corrected chi connectivity index (χ1v) is 14.6. The summed E-state index contributed by atoms with van der Waals surface area (Å²) in [6.45, 7) is 5.21. The zero-order valence-corrected chi connectivity index (χ0v) is 25.7. The van der Waals surface area contributed by atoms with Crippen molar-refractivity contribution in [1.82, 2.24) is 9.80 Å². The quantitative estimate of drug-likeness (QED) is 0.284. The molecule has 0 aliphatic carbocycles. The third-order valence-corrected chi connectivity index (χ3v) is 7.75. The largest absolute Gasteiger partial charge is 0.497 e. The van der Waals surface area contributed by atoms with Crippen molar-refractivity contribution in [3.63, 3.8) is 0 Å². The molecule has 1 aliphatic heterocycles. The number of amides is 3. The number of likely N-dealkylation sites (N-methyl/N-ethyl adjacent to an activating group) is 1. The molecule has 3 atom stereocenters. The number of aliphatic hydroxyl groups is 1. The summed E-state index contributed by atoms with van der Waals surface area (Å²) >= 11 is 0. The van der Waals surface area contributed by atoms with Crippen molar-refractivity contribution in [3.8, 4) is 11.5 Å². The molecule has 3 aromatic carbocycles. The van der Waals surface area contributed by atoms with Gasteiger partial charge in [-0.05, 0) is 74.1 Å². The van der Waals surface area contributed by atoms with Crippen LogP contribution >= 0.6 is 0 Å².